The first-order valence-corrected chi connectivity index (χ1v) is 29.5. The maximum absolute atomic E-state index is 13.1. The molecule has 0 aromatic carbocycles. The molecular weight excluding hydrogens is 937 g/mol. The van der Waals surface area contributed by atoms with Gasteiger partial charge >= 0.3 is 35.4 Å². The van der Waals surface area contributed by atoms with Crippen LogP contribution in [-0.2, 0) is 50.9 Å². The standard InChI is InChI=1S/C45H87O19P3/c1-3-5-7-9-11-13-15-17-19-21-23-25-27-29-31-33-38(46)59-35-37(61-39(47)34-32-30-28-26-24-22-20-18-16-14-12-10-8-6-4-2)36-60-67(57,58)64-43-40(48)41(49)44(62-65(51,52)53)45(42(43)50)63-66(54,55)56/h13,15,37,40-45,48-50H,3-12,14,16-36H2,1-2H3,(H,57,58)(H2,51,52,53)(H2,54,55,56)/b15-13-/t37-,40?,41?,42?,43+,44?,45+/m1/s1. The Kier molecular flexibility index (Phi) is 35.9. The molecule has 0 spiro atoms. The molecular formula is C45H87O19P3. The van der Waals surface area contributed by atoms with Crippen molar-refractivity contribution in [1.82, 2.24) is 0 Å². The van der Waals surface area contributed by atoms with E-state index in [2.05, 4.69) is 35.0 Å². The number of aliphatic hydroxyl groups is 3. The van der Waals surface area contributed by atoms with E-state index in [0.717, 1.165) is 77.0 Å². The smallest absolute Gasteiger partial charge is 0.462 e. The molecule has 0 radical (unpaired) electrons. The molecule has 0 bridgehead atoms. The van der Waals surface area contributed by atoms with Crippen molar-refractivity contribution in [3.05, 3.63) is 12.2 Å². The van der Waals surface area contributed by atoms with Crippen molar-refractivity contribution in [3.8, 4) is 0 Å². The molecule has 1 aliphatic carbocycles. The molecule has 19 nitrogen and oxygen atoms in total. The molecule has 0 aromatic heterocycles. The van der Waals surface area contributed by atoms with Gasteiger partial charge < -0.3 is 49.3 Å². The Morgan fingerprint density at radius 2 is 0.821 bits per heavy atom. The van der Waals surface area contributed by atoms with Crippen LogP contribution in [0.3, 0.4) is 0 Å². The molecule has 1 aliphatic rings. The van der Waals surface area contributed by atoms with E-state index in [4.69, 9.17) is 18.5 Å². The Labute approximate surface area is 399 Å². The topological polar surface area (TPSA) is 303 Å². The maximum atomic E-state index is 13.1. The van der Waals surface area contributed by atoms with Crippen molar-refractivity contribution in [2.45, 2.75) is 249 Å². The van der Waals surface area contributed by atoms with E-state index < -0.39 is 91.3 Å². The van der Waals surface area contributed by atoms with Crippen LogP contribution in [0.1, 0.15) is 206 Å². The van der Waals surface area contributed by atoms with Gasteiger partial charge in [-0.15, -0.1) is 0 Å². The highest BCUT2D eigenvalue weighted by atomic mass is 31.2. The van der Waals surface area contributed by atoms with Gasteiger partial charge in [-0.3, -0.25) is 27.7 Å². The van der Waals surface area contributed by atoms with Crippen LogP contribution in [-0.4, -0.2) is 108 Å². The molecule has 0 amide bonds. The largest absolute Gasteiger partial charge is 0.472 e. The third-order valence-electron chi connectivity index (χ3n) is 11.6. The fourth-order valence-corrected chi connectivity index (χ4v) is 9.91. The van der Waals surface area contributed by atoms with Crippen LogP contribution >= 0.6 is 23.5 Å². The van der Waals surface area contributed by atoms with E-state index in [-0.39, 0.29) is 12.8 Å². The molecule has 0 aromatic rings. The van der Waals surface area contributed by atoms with Gasteiger partial charge in [-0.1, -0.05) is 167 Å². The van der Waals surface area contributed by atoms with E-state index in [1.54, 1.807) is 0 Å². The summed E-state index contributed by atoms with van der Waals surface area (Å²) < 4.78 is 65.5. The summed E-state index contributed by atoms with van der Waals surface area (Å²) in [5.41, 5.74) is 0. The van der Waals surface area contributed by atoms with Gasteiger partial charge in [0.15, 0.2) is 6.10 Å². The van der Waals surface area contributed by atoms with Gasteiger partial charge in [0.1, 0.15) is 43.2 Å². The number of hydrogen-bond donors (Lipinski definition) is 8. The number of esters is 2. The van der Waals surface area contributed by atoms with Gasteiger partial charge in [0.05, 0.1) is 6.61 Å². The summed E-state index contributed by atoms with van der Waals surface area (Å²) in [4.78, 5) is 73.3. The number of carbonyl (C=O) groups is 2. The number of ether oxygens (including phenoxy) is 2. The highest BCUT2D eigenvalue weighted by Gasteiger charge is 2.56. The van der Waals surface area contributed by atoms with Crippen LogP contribution in [0.4, 0.5) is 0 Å². The average molecular weight is 1030 g/mol. The number of allylic oxidation sites excluding steroid dienone is 2. The zero-order chi connectivity index (χ0) is 50.0. The third kappa shape index (κ3) is 34.0. The molecule has 0 saturated heterocycles. The zero-order valence-electron chi connectivity index (χ0n) is 40.2. The van der Waals surface area contributed by atoms with Crippen molar-refractivity contribution >= 4 is 35.4 Å². The van der Waals surface area contributed by atoms with Gasteiger partial charge in [0, 0.05) is 12.8 Å². The van der Waals surface area contributed by atoms with Gasteiger partial charge in [-0.2, -0.15) is 0 Å². The zero-order valence-corrected chi connectivity index (χ0v) is 42.9. The van der Waals surface area contributed by atoms with Gasteiger partial charge in [-0.25, -0.2) is 13.7 Å². The maximum Gasteiger partial charge on any atom is 0.472 e. The molecule has 8 atom stereocenters. The SMILES string of the molecule is CCCCCC/C=C\CCCCCCCCCC(=O)OC[C@H](COP(=O)(O)O[C@H]1C(O)C(O)C(OP(=O)(O)O)[C@@H](OP(=O)(O)O)C1O)OC(=O)CCCCCCCCCCCCCCCCC. The minimum Gasteiger partial charge on any atom is -0.462 e. The van der Waals surface area contributed by atoms with Crippen molar-refractivity contribution in [2.75, 3.05) is 13.2 Å². The number of phosphoric ester groups is 3. The fourth-order valence-electron chi connectivity index (χ4n) is 7.81. The summed E-state index contributed by atoms with van der Waals surface area (Å²) >= 11 is 0. The minimum atomic E-state index is -5.60. The molecule has 396 valence electrons. The van der Waals surface area contributed by atoms with Crippen LogP contribution in [0.15, 0.2) is 12.2 Å². The van der Waals surface area contributed by atoms with Crippen molar-refractivity contribution < 1.29 is 90.6 Å². The Morgan fingerprint density at radius 1 is 0.463 bits per heavy atom. The lowest BCUT2D eigenvalue weighted by Crippen LogP contribution is -2.65. The highest BCUT2D eigenvalue weighted by molar-refractivity contribution is 7.47. The van der Waals surface area contributed by atoms with Crippen LogP contribution in [0.25, 0.3) is 0 Å². The summed E-state index contributed by atoms with van der Waals surface area (Å²) in [7, 11) is -16.6. The number of hydrogen-bond acceptors (Lipinski definition) is 14. The Hall–Kier alpha value is -1.11. The molecule has 67 heavy (non-hydrogen) atoms. The molecule has 8 N–H and O–H groups in total. The van der Waals surface area contributed by atoms with Crippen LogP contribution < -0.4 is 0 Å². The second-order valence-electron chi connectivity index (χ2n) is 17.8. The van der Waals surface area contributed by atoms with Gasteiger partial charge in [-0.05, 0) is 38.5 Å². The molecule has 1 saturated carbocycles. The van der Waals surface area contributed by atoms with Crippen molar-refractivity contribution in [3.63, 3.8) is 0 Å². The molecule has 1 fully saturated rings. The fraction of sp³-hybridized carbons (Fsp3) is 0.911. The number of carbonyl (C=O) groups excluding carboxylic acids is 2. The number of rotatable bonds is 43. The third-order valence-corrected chi connectivity index (χ3v) is 13.6. The van der Waals surface area contributed by atoms with Crippen LogP contribution in [0, 0.1) is 0 Å². The molecule has 0 heterocycles. The molecule has 22 heteroatoms. The molecule has 5 unspecified atom stereocenters. The predicted octanol–water partition coefficient (Wildman–Crippen LogP) is 9.29. The van der Waals surface area contributed by atoms with E-state index in [1.165, 1.54) is 89.9 Å². The Balaban J connectivity index is 2.70. The second-order valence-corrected chi connectivity index (χ2v) is 21.5. The number of phosphoric acid groups is 3. The lowest BCUT2D eigenvalue weighted by Gasteiger charge is -2.44. The first kappa shape index (κ1) is 63.9. The van der Waals surface area contributed by atoms with E-state index >= 15 is 0 Å². The lowest BCUT2D eigenvalue weighted by atomic mass is 9.85. The first-order valence-electron chi connectivity index (χ1n) is 25.0. The summed E-state index contributed by atoms with van der Waals surface area (Å²) in [6.07, 6.45) is 19.3. The summed E-state index contributed by atoms with van der Waals surface area (Å²) in [5, 5.41) is 31.9. The van der Waals surface area contributed by atoms with Crippen molar-refractivity contribution in [1.29, 1.82) is 0 Å². The number of unbranched alkanes of at least 4 members (excludes halogenated alkanes) is 25. The predicted molar refractivity (Wildman–Crippen MR) is 252 cm³/mol. The highest BCUT2D eigenvalue weighted by Crippen LogP contribution is 2.51. The quantitative estimate of drug-likeness (QED) is 0.0122. The minimum absolute atomic E-state index is 0.00295. The van der Waals surface area contributed by atoms with Crippen LogP contribution in [0.2, 0.25) is 0 Å². The summed E-state index contributed by atoms with van der Waals surface area (Å²) in [6, 6.07) is 0. The van der Waals surface area contributed by atoms with Crippen molar-refractivity contribution in [2.24, 2.45) is 0 Å². The average Bonchev–Trinajstić information content (AvgIpc) is 3.25. The normalized spacial score (nSPS) is 21.6. The molecule has 1 rings (SSSR count). The van der Waals surface area contributed by atoms with E-state index in [0.29, 0.717) is 12.8 Å². The summed E-state index contributed by atoms with van der Waals surface area (Å²) in [6.45, 7) is 2.95. The van der Waals surface area contributed by atoms with Crippen LogP contribution in [0.5, 0.6) is 0 Å². The second kappa shape index (κ2) is 37.6. The summed E-state index contributed by atoms with van der Waals surface area (Å²) in [5.74, 6) is -1.29. The number of aliphatic hydroxyl groups excluding tert-OH is 3. The Bertz CT molecular complexity index is 1460. The lowest BCUT2D eigenvalue weighted by molar-refractivity contribution is -0.213. The monoisotopic (exact) mass is 1020 g/mol. The van der Waals surface area contributed by atoms with E-state index in [9.17, 15) is 63.1 Å². The van der Waals surface area contributed by atoms with E-state index in [1.807, 2.05) is 0 Å². The Morgan fingerprint density at radius 3 is 1.25 bits per heavy atom. The molecule has 0 aliphatic heterocycles. The first-order chi connectivity index (χ1) is 31.8. The van der Waals surface area contributed by atoms with Gasteiger partial charge in [0.2, 0.25) is 0 Å². The van der Waals surface area contributed by atoms with Gasteiger partial charge in [0.25, 0.3) is 0 Å².